The molecule has 0 spiro atoms. The van der Waals surface area contributed by atoms with Crippen LogP contribution in [0.1, 0.15) is 6.92 Å². The van der Waals surface area contributed by atoms with Gasteiger partial charge >= 0.3 is 18.1 Å². The molecule has 0 saturated carbocycles. The Hall–Kier alpha value is -2.92. The summed E-state index contributed by atoms with van der Waals surface area (Å²) in [6, 6.07) is 7.61. The van der Waals surface area contributed by atoms with Crippen LogP contribution in [0.3, 0.4) is 0 Å². The molecule has 12 heteroatoms. The highest BCUT2D eigenvalue weighted by Crippen LogP contribution is 2.46. The normalized spacial score (nSPS) is 17.8. The maximum absolute atomic E-state index is 13.7. The van der Waals surface area contributed by atoms with Gasteiger partial charge in [0.2, 0.25) is 0 Å². The highest BCUT2D eigenvalue weighted by Gasteiger charge is 2.65. The Morgan fingerprint density at radius 3 is 2.73 bits per heavy atom. The molecule has 1 aliphatic heterocycles. The fourth-order valence-corrected chi connectivity index (χ4v) is 3.76. The lowest BCUT2D eigenvalue weighted by Crippen LogP contribution is -2.65. The van der Waals surface area contributed by atoms with E-state index in [1.165, 1.54) is 12.1 Å². The molecule has 0 aliphatic carbocycles. The number of alkyl halides is 3. The van der Waals surface area contributed by atoms with Gasteiger partial charge in [-0.25, -0.2) is 9.78 Å². The van der Waals surface area contributed by atoms with Crippen LogP contribution in [-0.2, 0) is 0 Å². The number of anilines is 1. The molecular weight excluding hydrogens is 447 g/mol. The Bertz CT molecular complexity index is 1120. The third-order valence-corrected chi connectivity index (χ3v) is 5.12. The molecular formula is C18H13ClF3N3O4S. The number of halogens is 4. The van der Waals surface area contributed by atoms with Crippen LogP contribution in [0.25, 0.3) is 10.2 Å². The van der Waals surface area contributed by atoms with Crippen LogP contribution in [-0.4, -0.2) is 29.7 Å². The number of aromatic nitrogens is 1. The summed E-state index contributed by atoms with van der Waals surface area (Å²) in [5.74, 6) is -3.24. The number of benzene rings is 2. The molecule has 2 aromatic carbocycles. The zero-order chi connectivity index (χ0) is 21.5. The average Bonchev–Trinajstić information content (AvgIpc) is 3.21. The highest BCUT2D eigenvalue weighted by atomic mass is 35.5. The van der Waals surface area contributed by atoms with Gasteiger partial charge in [-0.2, -0.15) is 13.2 Å². The second-order valence-electron chi connectivity index (χ2n) is 6.07. The molecule has 0 radical (unpaired) electrons. The summed E-state index contributed by atoms with van der Waals surface area (Å²) in [7, 11) is 0. The lowest BCUT2D eigenvalue weighted by molar-refractivity contribution is -0.317. The average molecular weight is 460 g/mol. The summed E-state index contributed by atoms with van der Waals surface area (Å²) in [4.78, 5) is 16.5. The van der Waals surface area contributed by atoms with Gasteiger partial charge < -0.3 is 14.2 Å². The minimum Gasteiger partial charge on any atom is -0.494 e. The maximum atomic E-state index is 13.7. The first-order valence-corrected chi connectivity index (χ1v) is 9.75. The number of fused-ring (bicyclic) bond motifs is 2. The van der Waals surface area contributed by atoms with Crippen LogP contribution in [0, 0.1) is 0 Å². The Labute approximate surface area is 176 Å². The quantitative estimate of drug-likeness (QED) is 0.563. The first-order valence-electron chi connectivity index (χ1n) is 8.56. The molecule has 7 nitrogen and oxygen atoms in total. The van der Waals surface area contributed by atoms with Gasteiger partial charge in [0, 0.05) is 11.1 Å². The predicted molar refractivity (Wildman–Crippen MR) is 104 cm³/mol. The van der Waals surface area contributed by atoms with Gasteiger partial charge in [-0.1, -0.05) is 22.9 Å². The number of urea groups is 1. The lowest BCUT2D eigenvalue weighted by atomic mass is 10.3. The van der Waals surface area contributed by atoms with Crippen LogP contribution in [0.5, 0.6) is 17.2 Å². The summed E-state index contributed by atoms with van der Waals surface area (Å²) >= 11 is 6.86. The number of nitrogens with zero attached hydrogens (tertiary/aromatic N) is 1. The topological polar surface area (TPSA) is 81.7 Å². The molecule has 4 rings (SSSR count). The Balaban J connectivity index is 1.54. The van der Waals surface area contributed by atoms with Gasteiger partial charge in [0.1, 0.15) is 5.75 Å². The third kappa shape index (κ3) is 3.77. The van der Waals surface area contributed by atoms with Crippen LogP contribution in [0.2, 0.25) is 5.02 Å². The summed E-state index contributed by atoms with van der Waals surface area (Å²) in [5.41, 5.74) is 0.555. The number of carbonyl (C=O) groups is 1. The number of hydrogen-bond acceptors (Lipinski definition) is 6. The molecule has 30 heavy (non-hydrogen) atoms. The van der Waals surface area contributed by atoms with E-state index in [2.05, 4.69) is 10.3 Å². The molecule has 0 fully saturated rings. The molecule has 158 valence electrons. The van der Waals surface area contributed by atoms with Crippen LogP contribution >= 0.6 is 22.9 Å². The van der Waals surface area contributed by atoms with Gasteiger partial charge in [-0.05, 0) is 37.3 Å². The predicted octanol–water partition coefficient (Wildman–Crippen LogP) is 5.16. The second kappa shape index (κ2) is 7.40. The van der Waals surface area contributed by atoms with Crippen molar-refractivity contribution in [2.24, 2.45) is 0 Å². The molecule has 0 saturated heterocycles. The van der Waals surface area contributed by atoms with Gasteiger partial charge in [0.25, 0.3) is 0 Å². The molecule has 2 N–H and O–H groups in total. The molecule has 1 aromatic heterocycles. The minimum atomic E-state index is -5.09. The van der Waals surface area contributed by atoms with E-state index in [-0.39, 0.29) is 21.7 Å². The SMILES string of the molecule is CCOc1ccc2nc(NC(=O)N[C@]3(C(F)(F)F)Oc4ccc(Cl)cc4O3)sc2c1. The van der Waals surface area contributed by atoms with Crippen molar-refractivity contribution in [2.75, 3.05) is 11.9 Å². The molecule has 1 aliphatic rings. The molecule has 3 aromatic rings. The van der Waals surface area contributed by atoms with Crippen molar-refractivity contribution in [3.05, 3.63) is 41.4 Å². The smallest absolute Gasteiger partial charge is 0.492 e. The Morgan fingerprint density at radius 2 is 2.00 bits per heavy atom. The number of thiazole rings is 1. The number of ether oxygens (including phenoxy) is 3. The van der Waals surface area contributed by atoms with Crippen molar-refractivity contribution in [1.29, 1.82) is 0 Å². The van der Waals surface area contributed by atoms with Gasteiger partial charge in [0.15, 0.2) is 16.6 Å². The number of nitrogens with one attached hydrogen (secondary N) is 2. The van der Waals surface area contributed by atoms with Crippen LogP contribution < -0.4 is 24.8 Å². The van der Waals surface area contributed by atoms with E-state index >= 15 is 0 Å². The van der Waals surface area contributed by atoms with E-state index in [9.17, 15) is 18.0 Å². The van der Waals surface area contributed by atoms with Gasteiger partial charge in [0.05, 0.1) is 16.8 Å². The first kappa shape index (κ1) is 20.4. The van der Waals surface area contributed by atoms with Gasteiger partial charge in [-0.15, -0.1) is 0 Å². The molecule has 2 heterocycles. The largest absolute Gasteiger partial charge is 0.494 e. The van der Waals surface area contributed by atoms with Crippen molar-refractivity contribution in [3.63, 3.8) is 0 Å². The van der Waals surface area contributed by atoms with E-state index in [0.717, 1.165) is 17.4 Å². The van der Waals surface area contributed by atoms with Crippen molar-refractivity contribution < 1.29 is 32.2 Å². The van der Waals surface area contributed by atoms with E-state index in [4.69, 9.17) is 25.8 Å². The van der Waals surface area contributed by atoms with Crippen LogP contribution in [0.15, 0.2) is 36.4 Å². The minimum absolute atomic E-state index is 0.0898. The summed E-state index contributed by atoms with van der Waals surface area (Å²) in [6.07, 6.45) is -5.09. The van der Waals surface area contributed by atoms with E-state index in [0.29, 0.717) is 22.6 Å². The maximum Gasteiger partial charge on any atom is 0.492 e. The fraction of sp³-hybridized carbons (Fsp3) is 0.222. The van der Waals surface area contributed by atoms with Gasteiger partial charge in [-0.3, -0.25) is 10.6 Å². The molecule has 0 bridgehead atoms. The fourth-order valence-electron chi connectivity index (χ4n) is 2.71. The zero-order valence-corrected chi connectivity index (χ0v) is 16.7. The van der Waals surface area contributed by atoms with Crippen molar-refractivity contribution in [2.45, 2.75) is 19.0 Å². The lowest BCUT2D eigenvalue weighted by Gasteiger charge is -2.29. The van der Waals surface area contributed by atoms with E-state index < -0.39 is 18.1 Å². The number of hydrogen-bond donors (Lipinski definition) is 2. The summed E-state index contributed by atoms with van der Waals surface area (Å²) < 4.78 is 57.0. The summed E-state index contributed by atoms with van der Waals surface area (Å²) in [5, 5.41) is 4.22. The Morgan fingerprint density at radius 1 is 1.23 bits per heavy atom. The molecule has 0 unspecified atom stereocenters. The van der Waals surface area contributed by atoms with E-state index in [1.807, 2.05) is 6.92 Å². The second-order valence-corrected chi connectivity index (χ2v) is 7.54. The number of carbonyl (C=O) groups excluding carboxylic acids is 1. The highest BCUT2D eigenvalue weighted by molar-refractivity contribution is 7.22. The third-order valence-electron chi connectivity index (χ3n) is 3.96. The van der Waals surface area contributed by atoms with Crippen LogP contribution in [0.4, 0.5) is 23.1 Å². The monoisotopic (exact) mass is 459 g/mol. The van der Waals surface area contributed by atoms with Crippen molar-refractivity contribution >= 4 is 44.3 Å². The molecule has 2 amide bonds. The zero-order valence-electron chi connectivity index (χ0n) is 15.2. The van der Waals surface area contributed by atoms with Crippen molar-refractivity contribution in [1.82, 2.24) is 10.3 Å². The molecule has 1 atom stereocenters. The Kier molecular flexibility index (Phi) is 5.02. The van der Waals surface area contributed by atoms with E-state index in [1.54, 1.807) is 23.5 Å². The van der Waals surface area contributed by atoms with Crippen molar-refractivity contribution in [3.8, 4) is 17.2 Å². The number of amides is 2. The summed E-state index contributed by atoms with van der Waals surface area (Å²) in [6.45, 7) is 2.31. The standard InChI is InChI=1S/C18H13ClF3N3O4S/c1-2-27-10-4-5-11-14(8-10)30-16(23-11)24-15(26)25-18(17(20,21)22)28-12-6-3-9(19)7-13(12)29-18/h3-8H,2H2,1H3,(H2,23,24,25,26)/t18-/m1/s1. The first-order chi connectivity index (χ1) is 14.2. The number of rotatable bonds is 4.